The van der Waals surface area contributed by atoms with Gasteiger partial charge in [0.05, 0.1) is 11.4 Å². The second-order valence-electron chi connectivity index (χ2n) is 4.67. The topological polar surface area (TPSA) is 72.3 Å². The Balaban J connectivity index is 2.32. The molecule has 1 amide bonds. The van der Waals surface area contributed by atoms with Crippen molar-refractivity contribution in [3.63, 3.8) is 0 Å². The van der Waals surface area contributed by atoms with Gasteiger partial charge in [0, 0.05) is 6.54 Å². The lowest BCUT2D eigenvalue weighted by molar-refractivity contribution is -0.119. The van der Waals surface area contributed by atoms with E-state index in [1.54, 1.807) is 0 Å². The maximum absolute atomic E-state index is 11.5. The van der Waals surface area contributed by atoms with Gasteiger partial charge in [-0.2, -0.15) is 0 Å². The highest BCUT2D eigenvalue weighted by Crippen LogP contribution is 2.30. The molecule has 0 aliphatic carbocycles. The average Bonchev–Trinajstić information content (AvgIpc) is 2.29. The minimum atomic E-state index is -0.260. The van der Waals surface area contributed by atoms with Gasteiger partial charge in [-0.3, -0.25) is 4.79 Å². The first-order chi connectivity index (χ1) is 8.09. The van der Waals surface area contributed by atoms with Gasteiger partial charge in [-0.1, -0.05) is 6.07 Å². The normalized spacial score (nSPS) is 20.3. The Hall–Kier alpha value is -1.71. The molecular weight excluding hydrogens is 214 g/mol. The molecule has 1 aliphatic rings. The number of anilines is 2. The molecule has 1 atom stereocenters. The summed E-state index contributed by atoms with van der Waals surface area (Å²) in [4.78, 5) is 13.5. The Morgan fingerprint density at radius 1 is 1.41 bits per heavy atom. The minimum absolute atomic E-state index is 0.214. The third kappa shape index (κ3) is 2.35. The fourth-order valence-corrected chi connectivity index (χ4v) is 2.45. The molecule has 4 nitrogen and oxygen atoms in total. The summed E-state index contributed by atoms with van der Waals surface area (Å²) in [5, 5.41) is 0. The number of rotatable bonds is 2. The summed E-state index contributed by atoms with van der Waals surface area (Å²) in [6.07, 6.45) is 2.95. The molecule has 1 saturated heterocycles. The molecule has 0 radical (unpaired) electrons. The maximum Gasteiger partial charge on any atom is 0.240 e. The fraction of sp³-hybridized carbons (Fsp3) is 0.462. The molecule has 17 heavy (non-hydrogen) atoms. The molecule has 2 rings (SSSR count). The van der Waals surface area contributed by atoms with Crippen molar-refractivity contribution in [2.24, 2.45) is 5.73 Å². The monoisotopic (exact) mass is 233 g/mol. The minimum Gasteiger partial charge on any atom is -0.397 e. The van der Waals surface area contributed by atoms with Crippen LogP contribution in [-0.4, -0.2) is 18.5 Å². The number of carbonyl (C=O) groups excluding carboxylic acids is 1. The Bertz CT molecular complexity index is 431. The lowest BCUT2D eigenvalue weighted by Gasteiger charge is -2.36. The Labute approximate surface area is 102 Å². The molecule has 1 unspecified atom stereocenters. The van der Waals surface area contributed by atoms with Crippen LogP contribution in [0.15, 0.2) is 18.2 Å². The van der Waals surface area contributed by atoms with Gasteiger partial charge in [-0.25, -0.2) is 0 Å². The number of hydrogen-bond donors (Lipinski definition) is 2. The van der Waals surface area contributed by atoms with Crippen molar-refractivity contribution in [1.82, 2.24) is 0 Å². The fourth-order valence-electron chi connectivity index (χ4n) is 2.45. The van der Waals surface area contributed by atoms with Crippen molar-refractivity contribution in [2.45, 2.75) is 32.2 Å². The number of nitrogens with zero attached hydrogens (tertiary/aromatic N) is 1. The first-order valence-corrected chi connectivity index (χ1v) is 6.01. The van der Waals surface area contributed by atoms with Gasteiger partial charge in [0.2, 0.25) is 5.91 Å². The number of amides is 1. The van der Waals surface area contributed by atoms with Crippen LogP contribution in [0.4, 0.5) is 11.4 Å². The zero-order valence-corrected chi connectivity index (χ0v) is 10.1. The lowest BCUT2D eigenvalue weighted by Crippen LogP contribution is -2.48. The van der Waals surface area contributed by atoms with Crippen molar-refractivity contribution in [3.8, 4) is 0 Å². The van der Waals surface area contributed by atoms with Gasteiger partial charge in [0.1, 0.15) is 6.04 Å². The Kier molecular flexibility index (Phi) is 3.22. The van der Waals surface area contributed by atoms with Crippen LogP contribution in [0.3, 0.4) is 0 Å². The van der Waals surface area contributed by atoms with Crippen LogP contribution in [0.25, 0.3) is 0 Å². The van der Waals surface area contributed by atoms with Crippen LogP contribution in [0.2, 0.25) is 0 Å². The molecule has 0 bridgehead atoms. The summed E-state index contributed by atoms with van der Waals surface area (Å²) in [6, 6.07) is 5.71. The SMILES string of the molecule is Cc1ccc(N2CCCCC2C(N)=O)c(N)c1. The molecule has 4 heteroatoms. The number of carbonyl (C=O) groups is 1. The van der Waals surface area contributed by atoms with Crippen molar-refractivity contribution < 1.29 is 4.79 Å². The highest BCUT2D eigenvalue weighted by Gasteiger charge is 2.27. The van der Waals surface area contributed by atoms with E-state index in [2.05, 4.69) is 0 Å². The van der Waals surface area contributed by atoms with Gasteiger partial charge in [0.25, 0.3) is 0 Å². The standard InChI is InChI=1S/C13H19N3O/c1-9-5-6-11(10(14)8-9)16-7-3-2-4-12(16)13(15)17/h5-6,8,12H,2-4,7,14H2,1H3,(H2,15,17). The molecule has 1 aromatic rings. The second-order valence-corrected chi connectivity index (χ2v) is 4.67. The van der Waals surface area contributed by atoms with Crippen LogP contribution in [0, 0.1) is 6.92 Å². The summed E-state index contributed by atoms with van der Waals surface area (Å²) < 4.78 is 0. The van der Waals surface area contributed by atoms with Crippen LogP contribution < -0.4 is 16.4 Å². The van der Waals surface area contributed by atoms with Crippen LogP contribution in [0.1, 0.15) is 24.8 Å². The molecular formula is C13H19N3O. The molecule has 0 saturated carbocycles. The van der Waals surface area contributed by atoms with E-state index in [9.17, 15) is 4.79 Å². The van der Waals surface area contributed by atoms with Crippen molar-refractivity contribution in [3.05, 3.63) is 23.8 Å². The maximum atomic E-state index is 11.5. The Morgan fingerprint density at radius 2 is 2.18 bits per heavy atom. The molecule has 0 aromatic heterocycles. The highest BCUT2D eigenvalue weighted by atomic mass is 16.1. The number of benzene rings is 1. The largest absolute Gasteiger partial charge is 0.397 e. The van der Waals surface area contributed by atoms with E-state index in [0.717, 1.165) is 42.7 Å². The van der Waals surface area contributed by atoms with Crippen LogP contribution >= 0.6 is 0 Å². The van der Waals surface area contributed by atoms with Gasteiger partial charge in [-0.05, 0) is 43.9 Å². The second kappa shape index (κ2) is 4.65. The van der Waals surface area contributed by atoms with E-state index in [0.29, 0.717) is 0 Å². The van der Waals surface area contributed by atoms with E-state index in [1.165, 1.54) is 0 Å². The molecule has 0 spiro atoms. The van der Waals surface area contributed by atoms with E-state index >= 15 is 0 Å². The van der Waals surface area contributed by atoms with Crippen LogP contribution in [0.5, 0.6) is 0 Å². The lowest BCUT2D eigenvalue weighted by atomic mass is 10.00. The molecule has 1 aliphatic heterocycles. The summed E-state index contributed by atoms with van der Waals surface area (Å²) in [5.41, 5.74) is 14.2. The zero-order chi connectivity index (χ0) is 12.4. The number of nitrogens with two attached hydrogens (primary N) is 2. The van der Waals surface area contributed by atoms with Crippen molar-refractivity contribution in [2.75, 3.05) is 17.2 Å². The number of piperidine rings is 1. The van der Waals surface area contributed by atoms with E-state index in [4.69, 9.17) is 11.5 Å². The zero-order valence-electron chi connectivity index (χ0n) is 10.1. The van der Waals surface area contributed by atoms with E-state index in [1.807, 2.05) is 30.0 Å². The first-order valence-electron chi connectivity index (χ1n) is 6.01. The third-order valence-corrected chi connectivity index (χ3v) is 3.32. The van der Waals surface area contributed by atoms with Crippen molar-refractivity contribution >= 4 is 17.3 Å². The quantitative estimate of drug-likeness (QED) is 0.759. The van der Waals surface area contributed by atoms with Crippen LogP contribution in [-0.2, 0) is 4.79 Å². The Morgan fingerprint density at radius 3 is 2.82 bits per heavy atom. The summed E-state index contributed by atoms with van der Waals surface area (Å²) in [5.74, 6) is -0.260. The molecule has 1 aromatic carbocycles. The van der Waals surface area contributed by atoms with E-state index < -0.39 is 0 Å². The predicted octanol–water partition coefficient (Wildman–Crippen LogP) is 1.42. The summed E-state index contributed by atoms with van der Waals surface area (Å²) >= 11 is 0. The number of nitrogen functional groups attached to an aromatic ring is 1. The van der Waals surface area contributed by atoms with Gasteiger partial charge < -0.3 is 16.4 Å². The third-order valence-electron chi connectivity index (χ3n) is 3.32. The predicted molar refractivity (Wildman–Crippen MR) is 69.8 cm³/mol. The molecule has 4 N–H and O–H groups in total. The smallest absolute Gasteiger partial charge is 0.240 e. The van der Waals surface area contributed by atoms with Gasteiger partial charge in [0.15, 0.2) is 0 Å². The summed E-state index contributed by atoms with van der Waals surface area (Å²) in [6.45, 7) is 2.85. The summed E-state index contributed by atoms with van der Waals surface area (Å²) in [7, 11) is 0. The first kappa shape index (κ1) is 11.8. The van der Waals surface area contributed by atoms with Crippen molar-refractivity contribution in [1.29, 1.82) is 0 Å². The molecule has 1 heterocycles. The number of hydrogen-bond acceptors (Lipinski definition) is 3. The number of aryl methyl sites for hydroxylation is 1. The van der Waals surface area contributed by atoms with Gasteiger partial charge in [-0.15, -0.1) is 0 Å². The molecule has 1 fully saturated rings. The highest BCUT2D eigenvalue weighted by molar-refractivity contribution is 5.85. The van der Waals surface area contributed by atoms with Gasteiger partial charge >= 0.3 is 0 Å². The number of primary amides is 1. The molecule has 92 valence electrons. The van der Waals surface area contributed by atoms with E-state index in [-0.39, 0.29) is 11.9 Å². The average molecular weight is 233 g/mol.